The Labute approximate surface area is 334 Å². The van der Waals surface area contributed by atoms with Crippen LogP contribution in [0.5, 0.6) is 0 Å². The molecular weight excluding hydrogens is 709 g/mol. The normalized spacial score (nSPS) is 11.4. The van der Waals surface area contributed by atoms with Gasteiger partial charge < -0.3 is 8.98 Å². The second-order valence-corrected chi connectivity index (χ2v) is 14.4. The molecule has 3 heterocycles. The van der Waals surface area contributed by atoms with Gasteiger partial charge in [-0.15, -0.1) is 0 Å². The van der Waals surface area contributed by atoms with E-state index in [9.17, 15) is 5.26 Å². The van der Waals surface area contributed by atoms with Crippen molar-refractivity contribution in [3.05, 3.63) is 200 Å². The van der Waals surface area contributed by atoms with Crippen molar-refractivity contribution >= 4 is 43.7 Å². The van der Waals surface area contributed by atoms with Crippen LogP contribution in [0.15, 0.2) is 199 Å². The lowest BCUT2D eigenvalue weighted by atomic mass is 9.92. The fourth-order valence-corrected chi connectivity index (χ4v) is 8.41. The number of rotatable bonds is 6. The van der Waals surface area contributed by atoms with Gasteiger partial charge >= 0.3 is 0 Å². The standard InChI is InChI=1S/C53H32N4O/c54-33-45-50(36-21-9-3-10-22-36)55-53(56-51(45)37-23-11-4-12-24-37)38-29-41(34-17-5-1-6-18-34)52(42(30-38)35-19-7-2-8-20-35)57-46-27-15-13-25-39(46)43-31-44-40-26-14-16-28-48(40)58-49(44)32-47(43)57/h1-32H. The van der Waals surface area contributed by atoms with Crippen molar-refractivity contribution in [1.29, 1.82) is 5.26 Å². The second kappa shape index (κ2) is 13.6. The van der Waals surface area contributed by atoms with Gasteiger partial charge in [0.25, 0.3) is 0 Å². The van der Waals surface area contributed by atoms with Gasteiger partial charge in [0.15, 0.2) is 5.82 Å². The number of furan rings is 1. The van der Waals surface area contributed by atoms with Crippen molar-refractivity contribution in [2.45, 2.75) is 0 Å². The van der Waals surface area contributed by atoms with Crippen LogP contribution in [0, 0.1) is 11.3 Å². The van der Waals surface area contributed by atoms with Crippen molar-refractivity contribution in [3.63, 3.8) is 0 Å². The quantitative estimate of drug-likeness (QED) is 0.170. The minimum absolute atomic E-state index is 0.437. The van der Waals surface area contributed by atoms with Crippen LogP contribution < -0.4 is 0 Å². The molecular formula is C53H32N4O. The third-order valence-electron chi connectivity index (χ3n) is 11.0. The molecule has 0 N–H and O–H groups in total. The first-order valence-corrected chi connectivity index (χ1v) is 19.3. The highest BCUT2D eigenvalue weighted by atomic mass is 16.3. The summed E-state index contributed by atoms with van der Waals surface area (Å²) in [5.74, 6) is 0.531. The molecule has 0 saturated heterocycles. The molecule has 0 fully saturated rings. The van der Waals surface area contributed by atoms with E-state index in [1.54, 1.807) is 0 Å². The van der Waals surface area contributed by atoms with Gasteiger partial charge in [0.05, 0.1) is 28.1 Å². The Morgan fingerprint density at radius 3 is 1.48 bits per heavy atom. The zero-order chi connectivity index (χ0) is 38.6. The summed E-state index contributed by atoms with van der Waals surface area (Å²) >= 11 is 0. The fourth-order valence-electron chi connectivity index (χ4n) is 8.41. The molecule has 0 amide bonds. The van der Waals surface area contributed by atoms with Gasteiger partial charge in [0.1, 0.15) is 22.8 Å². The van der Waals surface area contributed by atoms with E-state index in [2.05, 4.69) is 120 Å². The highest BCUT2D eigenvalue weighted by Gasteiger charge is 2.25. The van der Waals surface area contributed by atoms with Crippen molar-refractivity contribution < 1.29 is 4.42 Å². The maximum absolute atomic E-state index is 10.7. The lowest BCUT2D eigenvalue weighted by Crippen LogP contribution is -2.04. The zero-order valence-corrected chi connectivity index (χ0v) is 31.2. The molecule has 3 aromatic heterocycles. The summed E-state index contributed by atoms with van der Waals surface area (Å²) in [4.78, 5) is 10.5. The van der Waals surface area contributed by atoms with E-state index in [4.69, 9.17) is 14.4 Å². The lowest BCUT2D eigenvalue weighted by Gasteiger charge is -2.21. The lowest BCUT2D eigenvalue weighted by molar-refractivity contribution is 0.669. The summed E-state index contributed by atoms with van der Waals surface area (Å²) < 4.78 is 8.91. The molecule has 5 nitrogen and oxygen atoms in total. The Hall–Kier alpha value is -8.07. The second-order valence-electron chi connectivity index (χ2n) is 14.4. The summed E-state index contributed by atoms with van der Waals surface area (Å²) in [7, 11) is 0. The van der Waals surface area contributed by atoms with Crippen LogP contribution in [0.1, 0.15) is 5.56 Å². The van der Waals surface area contributed by atoms with Crippen LogP contribution in [-0.2, 0) is 0 Å². The van der Waals surface area contributed by atoms with Crippen molar-refractivity contribution in [2.24, 2.45) is 0 Å². The first kappa shape index (κ1) is 33.3. The van der Waals surface area contributed by atoms with Gasteiger partial charge in [0, 0.05) is 55.4 Å². The van der Waals surface area contributed by atoms with Crippen molar-refractivity contribution in [3.8, 4) is 67.9 Å². The largest absolute Gasteiger partial charge is 0.456 e. The number of benzene rings is 8. The molecule has 0 radical (unpaired) electrons. The maximum Gasteiger partial charge on any atom is 0.160 e. The van der Waals surface area contributed by atoms with E-state index in [1.807, 2.05) is 84.9 Å². The number of para-hydroxylation sites is 2. The topological polar surface area (TPSA) is 67.6 Å². The number of fused-ring (bicyclic) bond motifs is 6. The Morgan fingerprint density at radius 2 is 0.914 bits per heavy atom. The molecule has 0 aliphatic heterocycles. The first-order chi connectivity index (χ1) is 28.7. The van der Waals surface area contributed by atoms with Gasteiger partial charge in [-0.1, -0.05) is 158 Å². The molecule has 0 aliphatic carbocycles. The number of hydrogen-bond donors (Lipinski definition) is 0. The van der Waals surface area contributed by atoms with Crippen LogP contribution >= 0.6 is 0 Å². The minimum atomic E-state index is 0.437. The minimum Gasteiger partial charge on any atom is -0.456 e. The third-order valence-corrected chi connectivity index (χ3v) is 11.0. The van der Waals surface area contributed by atoms with E-state index in [-0.39, 0.29) is 0 Å². The van der Waals surface area contributed by atoms with Crippen molar-refractivity contribution in [2.75, 3.05) is 0 Å². The van der Waals surface area contributed by atoms with Gasteiger partial charge in [0.2, 0.25) is 0 Å². The predicted molar refractivity (Wildman–Crippen MR) is 236 cm³/mol. The van der Waals surface area contributed by atoms with Crippen LogP contribution in [0.4, 0.5) is 0 Å². The average molecular weight is 741 g/mol. The van der Waals surface area contributed by atoms with E-state index < -0.39 is 0 Å². The summed E-state index contributed by atoms with van der Waals surface area (Å²) in [6, 6.07) is 69.1. The van der Waals surface area contributed by atoms with Gasteiger partial charge in [-0.3, -0.25) is 0 Å². The van der Waals surface area contributed by atoms with Crippen LogP contribution in [0.2, 0.25) is 0 Å². The number of nitriles is 1. The highest BCUT2D eigenvalue weighted by molar-refractivity contribution is 6.18. The fraction of sp³-hybridized carbons (Fsp3) is 0. The zero-order valence-electron chi connectivity index (χ0n) is 31.2. The maximum atomic E-state index is 10.7. The average Bonchev–Trinajstić information content (AvgIpc) is 3.83. The van der Waals surface area contributed by atoms with Crippen LogP contribution in [-0.4, -0.2) is 14.5 Å². The SMILES string of the molecule is N#Cc1c(-c2ccccc2)nc(-c2cc(-c3ccccc3)c(-n3c4ccccc4c4cc5c(cc43)oc3ccccc35)c(-c3ccccc3)c2)nc1-c1ccccc1. The molecule has 11 aromatic rings. The molecule has 0 spiro atoms. The van der Waals surface area contributed by atoms with Gasteiger partial charge in [-0.25, -0.2) is 9.97 Å². The highest BCUT2D eigenvalue weighted by Crippen LogP contribution is 2.45. The number of hydrogen-bond acceptors (Lipinski definition) is 4. The van der Waals surface area contributed by atoms with Crippen LogP contribution in [0.3, 0.4) is 0 Å². The Morgan fingerprint density at radius 1 is 0.414 bits per heavy atom. The Balaban J connectivity index is 1.27. The Bertz CT molecular complexity index is 3260. The molecule has 0 bridgehead atoms. The monoisotopic (exact) mass is 740 g/mol. The number of nitrogens with zero attached hydrogens (tertiary/aromatic N) is 4. The molecule has 5 heteroatoms. The third kappa shape index (κ3) is 5.39. The molecule has 0 atom stereocenters. The van der Waals surface area contributed by atoms with Gasteiger partial charge in [-0.2, -0.15) is 5.26 Å². The summed E-state index contributed by atoms with van der Waals surface area (Å²) in [5, 5.41) is 15.1. The number of aromatic nitrogens is 3. The molecule has 0 unspecified atom stereocenters. The van der Waals surface area contributed by atoms with E-state index in [0.717, 1.165) is 88.4 Å². The van der Waals surface area contributed by atoms with Crippen molar-refractivity contribution in [1.82, 2.24) is 14.5 Å². The summed E-state index contributed by atoms with van der Waals surface area (Å²) in [6.45, 7) is 0. The molecule has 8 aromatic carbocycles. The Kier molecular flexibility index (Phi) is 7.80. The molecule has 0 saturated carbocycles. The first-order valence-electron chi connectivity index (χ1n) is 19.3. The summed E-state index contributed by atoms with van der Waals surface area (Å²) in [5.41, 5.74) is 13.2. The van der Waals surface area contributed by atoms with E-state index in [0.29, 0.717) is 22.8 Å². The van der Waals surface area contributed by atoms with Crippen LogP contribution in [0.25, 0.3) is 106 Å². The smallest absolute Gasteiger partial charge is 0.160 e. The van der Waals surface area contributed by atoms with Gasteiger partial charge in [-0.05, 0) is 41.5 Å². The summed E-state index contributed by atoms with van der Waals surface area (Å²) in [6.07, 6.45) is 0. The van der Waals surface area contributed by atoms with E-state index >= 15 is 0 Å². The molecule has 270 valence electrons. The van der Waals surface area contributed by atoms with E-state index in [1.165, 1.54) is 0 Å². The molecule has 58 heavy (non-hydrogen) atoms. The molecule has 0 aliphatic rings. The predicted octanol–water partition coefficient (Wildman–Crippen LogP) is 13.7. The molecule has 11 rings (SSSR count).